The maximum Gasteiger partial charge on any atom is 0.0571 e. The highest BCUT2D eigenvalue weighted by Crippen LogP contribution is 2.34. The lowest BCUT2D eigenvalue weighted by Crippen LogP contribution is -2.26. The van der Waals surface area contributed by atoms with Gasteiger partial charge in [0.1, 0.15) is 0 Å². The number of alkyl halides is 1. The molecule has 2 rings (SSSR count). The van der Waals surface area contributed by atoms with E-state index >= 15 is 0 Å². The molecule has 94 valence electrons. The van der Waals surface area contributed by atoms with Gasteiger partial charge in [-0.05, 0) is 36.9 Å². The first kappa shape index (κ1) is 12.9. The van der Waals surface area contributed by atoms with Crippen LogP contribution in [0, 0.1) is 0 Å². The molecule has 0 spiro atoms. The van der Waals surface area contributed by atoms with Gasteiger partial charge in [-0.2, -0.15) is 0 Å². The Morgan fingerprint density at radius 3 is 3.00 bits per heavy atom. The number of nitrogens with one attached hydrogen (secondary N) is 1. The molecule has 0 bridgehead atoms. The van der Waals surface area contributed by atoms with E-state index in [2.05, 4.69) is 29.6 Å². The van der Waals surface area contributed by atoms with Gasteiger partial charge in [0, 0.05) is 19.8 Å². The van der Waals surface area contributed by atoms with Crippen molar-refractivity contribution in [3.8, 4) is 0 Å². The highest BCUT2D eigenvalue weighted by molar-refractivity contribution is 6.21. The summed E-state index contributed by atoms with van der Waals surface area (Å²) in [6.45, 7) is 1.85. The smallest absolute Gasteiger partial charge is 0.0571 e. The Kier molecular flexibility index (Phi) is 4.84. The fraction of sp³-hybridized carbons (Fsp3) is 0.571. The Labute approximate surface area is 108 Å². The summed E-state index contributed by atoms with van der Waals surface area (Å²) in [4.78, 5) is 0. The van der Waals surface area contributed by atoms with Crippen molar-refractivity contribution in [3.63, 3.8) is 0 Å². The summed E-state index contributed by atoms with van der Waals surface area (Å²) >= 11 is 6.40. The molecule has 1 aromatic rings. The number of rotatable bonds is 6. The van der Waals surface area contributed by atoms with E-state index in [0.29, 0.717) is 6.04 Å². The van der Waals surface area contributed by atoms with E-state index in [1.807, 2.05) is 0 Å². The van der Waals surface area contributed by atoms with Crippen LogP contribution in [0.1, 0.15) is 30.0 Å². The third-order valence-corrected chi connectivity index (χ3v) is 3.71. The van der Waals surface area contributed by atoms with Crippen LogP contribution < -0.4 is 5.32 Å². The van der Waals surface area contributed by atoms with Crippen LogP contribution in [0.15, 0.2) is 24.3 Å². The van der Waals surface area contributed by atoms with E-state index in [-0.39, 0.29) is 5.38 Å². The highest BCUT2D eigenvalue weighted by atomic mass is 35.5. The molecule has 2 nitrogen and oxygen atoms in total. The summed E-state index contributed by atoms with van der Waals surface area (Å²) in [6.07, 6.45) is 3.22. The molecule has 2 atom stereocenters. The number of ether oxygens (including phenoxy) is 1. The van der Waals surface area contributed by atoms with Crippen LogP contribution in [-0.2, 0) is 11.2 Å². The van der Waals surface area contributed by atoms with Crippen LogP contribution in [0.4, 0.5) is 0 Å². The minimum absolute atomic E-state index is 0.190. The molecule has 0 aliphatic heterocycles. The number of methoxy groups -OCH3 is 1. The summed E-state index contributed by atoms with van der Waals surface area (Å²) in [5.74, 6) is 0. The van der Waals surface area contributed by atoms with Crippen molar-refractivity contribution in [1.82, 2.24) is 5.32 Å². The van der Waals surface area contributed by atoms with Crippen LogP contribution >= 0.6 is 11.6 Å². The summed E-state index contributed by atoms with van der Waals surface area (Å²) in [5, 5.41) is 3.75. The van der Waals surface area contributed by atoms with Gasteiger partial charge in [-0.25, -0.2) is 0 Å². The monoisotopic (exact) mass is 253 g/mol. The number of hydrogen-bond donors (Lipinski definition) is 1. The first-order valence-electron chi connectivity index (χ1n) is 6.27. The largest absolute Gasteiger partial charge is 0.385 e. The summed E-state index contributed by atoms with van der Waals surface area (Å²) in [5.41, 5.74) is 2.76. The standard InChI is InChI=1S/C14H20ClNO/c1-17-9-5-4-8-16-14-12-7-3-2-6-11(12)10-13(14)15/h2-3,6-7,13-14,16H,4-5,8-10H2,1H3. The lowest BCUT2D eigenvalue weighted by Gasteiger charge is -2.17. The van der Waals surface area contributed by atoms with Gasteiger partial charge in [0.15, 0.2) is 0 Å². The Balaban J connectivity index is 1.84. The maximum absolute atomic E-state index is 6.40. The fourth-order valence-electron chi connectivity index (χ4n) is 2.41. The van der Waals surface area contributed by atoms with Gasteiger partial charge >= 0.3 is 0 Å². The van der Waals surface area contributed by atoms with Crippen molar-refractivity contribution in [2.75, 3.05) is 20.3 Å². The van der Waals surface area contributed by atoms with E-state index in [1.54, 1.807) is 7.11 Å². The highest BCUT2D eigenvalue weighted by Gasteiger charge is 2.29. The van der Waals surface area contributed by atoms with Crippen molar-refractivity contribution in [1.29, 1.82) is 0 Å². The molecule has 0 radical (unpaired) electrons. The normalized spacial score (nSPS) is 22.7. The zero-order valence-electron chi connectivity index (χ0n) is 10.3. The Morgan fingerprint density at radius 1 is 1.35 bits per heavy atom. The Bertz CT molecular complexity index is 356. The van der Waals surface area contributed by atoms with Gasteiger partial charge in [-0.3, -0.25) is 0 Å². The van der Waals surface area contributed by atoms with E-state index in [4.69, 9.17) is 16.3 Å². The Morgan fingerprint density at radius 2 is 2.18 bits per heavy atom. The van der Waals surface area contributed by atoms with Crippen LogP contribution in [-0.4, -0.2) is 25.6 Å². The minimum Gasteiger partial charge on any atom is -0.385 e. The molecule has 0 saturated carbocycles. The Hall–Kier alpha value is -0.570. The lowest BCUT2D eigenvalue weighted by atomic mass is 10.1. The summed E-state index contributed by atoms with van der Waals surface area (Å²) in [7, 11) is 1.75. The minimum atomic E-state index is 0.190. The quantitative estimate of drug-likeness (QED) is 0.622. The molecule has 0 fully saturated rings. The van der Waals surface area contributed by atoms with Gasteiger partial charge in [-0.15, -0.1) is 11.6 Å². The second-order valence-corrected chi connectivity index (χ2v) is 5.11. The van der Waals surface area contributed by atoms with E-state index in [9.17, 15) is 0 Å². The molecule has 1 aliphatic rings. The molecule has 0 amide bonds. The average molecular weight is 254 g/mol. The molecule has 3 heteroatoms. The predicted molar refractivity (Wildman–Crippen MR) is 71.6 cm³/mol. The summed E-state index contributed by atoms with van der Waals surface area (Å²) in [6, 6.07) is 8.86. The third kappa shape index (κ3) is 3.21. The van der Waals surface area contributed by atoms with Crippen LogP contribution in [0.5, 0.6) is 0 Å². The van der Waals surface area contributed by atoms with Gasteiger partial charge in [-0.1, -0.05) is 24.3 Å². The second-order valence-electron chi connectivity index (χ2n) is 4.55. The molecule has 0 heterocycles. The second kappa shape index (κ2) is 6.39. The van der Waals surface area contributed by atoms with Crippen LogP contribution in [0.3, 0.4) is 0 Å². The number of hydrogen-bond acceptors (Lipinski definition) is 2. The average Bonchev–Trinajstić information content (AvgIpc) is 2.65. The first-order valence-corrected chi connectivity index (χ1v) is 6.70. The fourth-order valence-corrected chi connectivity index (χ4v) is 2.80. The zero-order chi connectivity index (χ0) is 12.1. The molecule has 1 N–H and O–H groups in total. The molecule has 1 aromatic carbocycles. The van der Waals surface area contributed by atoms with E-state index in [1.165, 1.54) is 11.1 Å². The lowest BCUT2D eigenvalue weighted by molar-refractivity contribution is 0.192. The number of fused-ring (bicyclic) bond motifs is 1. The van der Waals surface area contributed by atoms with Gasteiger partial charge in [0.2, 0.25) is 0 Å². The van der Waals surface area contributed by atoms with Gasteiger partial charge < -0.3 is 10.1 Å². The van der Waals surface area contributed by atoms with Crippen molar-refractivity contribution in [2.45, 2.75) is 30.7 Å². The van der Waals surface area contributed by atoms with Crippen molar-refractivity contribution >= 4 is 11.6 Å². The maximum atomic E-state index is 6.40. The van der Waals surface area contributed by atoms with Crippen molar-refractivity contribution < 1.29 is 4.74 Å². The van der Waals surface area contributed by atoms with Gasteiger partial charge in [0.05, 0.1) is 5.38 Å². The molecular weight excluding hydrogens is 234 g/mol. The van der Waals surface area contributed by atoms with Gasteiger partial charge in [0.25, 0.3) is 0 Å². The van der Waals surface area contributed by atoms with Crippen LogP contribution in [0.2, 0.25) is 0 Å². The molecule has 17 heavy (non-hydrogen) atoms. The van der Waals surface area contributed by atoms with E-state index in [0.717, 1.165) is 32.4 Å². The molecule has 0 aromatic heterocycles. The SMILES string of the molecule is COCCCCNC1c2ccccc2CC1Cl. The van der Waals surface area contributed by atoms with Crippen molar-refractivity contribution in [2.24, 2.45) is 0 Å². The zero-order valence-corrected chi connectivity index (χ0v) is 11.0. The topological polar surface area (TPSA) is 21.3 Å². The molecule has 2 unspecified atom stereocenters. The van der Waals surface area contributed by atoms with Crippen LogP contribution in [0.25, 0.3) is 0 Å². The summed E-state index contributed by atoms with van der Waals surface area (Å²) < 4.78 is 5.04. The number of unbranched alkanes of at least 4 members (excludes halogenated alkanes) is 1. The molecule has 0 saturated heterocycles. The van der Waals surface area contributed by atoms with E-state index < -0.39 is 0 Å². The number of benzene rings is 1. The molecule has 1 aliphatic carbocycles. The predicted octanol–water partition coefficient (Wildman–Crippen LogP) is 2.91. The molecular formula is C14H20ClNO. The van der Waals surface area contributed by atoms with Crippen molar-refractivity contribution in [3.05, 3.63) is 35.4 Å². The third-order valence-electron chi connectivity index (χ3n) is 3.31. The first-order chi connectivity index (χ1) is 8.33. The number of halogens is 1.